The van der Waals surface area contributed by atoms with Crippen LogP contribution < -0.4 is 5.73 Å². The van der Waals surface area contributed by atoms with E-state index in [2.05, 4.69) is 39.0 Å². The number of likely N-dealkylation sites (tertiary alicyclic amines) is 1. The minimum absolute atomic E-state index is 0.641. The number of imidazole rings is 1. The Morgan fingerprint density at radius 2 is 2.44 bits per heavy atom. The molecule has 0 aromatic carbocycles. The van der Waals surface area contributed by atoms with E-state index in [1.54, 1.807) is 11.3 Å². The van der Waals surface area contributed by atoms with Gasteiger partial charge in [0.2, 0.25) is 0 Å². The van der Waals surface area contributed by atoms with Gasteiger partial charge in [-0.1, -0.05) is 6.92 Å². The van der Waals surface area contributed by atoms with Gasteiger partial charge < -0.3 is 5.73 Å². The Labute approximate surface area is 111 Å². The van der Waals surface area contributed by atoms with Crippen LogP contribution in [-0.2, 0) is 6.54 Å². The fourth-order valence-corrected chi connectivity index (χ4v) is 3.48. The number of thiazole rings is 1. The molecule has 0 saturated carbocycles. The lowest BCUT2D eigenvalue weighted by atomic mass is 9.87. The third-order valence-electron chi connectivity index (χ3n) is 4.03. The Morgan fingerprint density at radius 1 is 1.56 bits per heavy atom. The molecular formula is C13H20N4S. The number of hydrogen-bond donors (Lipinski definition) is 1. The van der Waals surface area contributed by atoms with E-state index in [4.69, 9.17) is 5.73 Å². The van der Waals surface area contributed by atoms with E-state index in [0.717, 1.165) is 30.5 Å². The number of fused-ring (bicyclic) bond motifs is 1. The molecule has 0 amide bonds. The maximum atomic E-state index is 5.85. The fraction of sp³-hybridized carbons (Fsp3) is 0.615. The molecule has 18 heavy (non-hydrogen) atoms. The minimum atomic E-state index is 0.641. The van der Waals surface area contributed by atoms with Crippen molar-refractivity contribution in [2.45, 2.75) is 19.9 Å². The highest BCUT2D eigenvalue weighted by molar-refractivity contribution is 7.15. The second-order valence-electron chi connectivity index (χ2n) is 5.32. The van der Waals surface area contributed by atoms with Gasteiger partial charge >= 0.3 is 0 Å². The van der Waals surface area contributed by atoms with Gasteiger partial charge in [0.1, 0.15) is 0 Å². The van der Waals surface area contributed by atoms with Crippen LogP contribution in [0.5, 0.6) is 0 Å². The molecular weight excluding hydrogens is 244 g/mol. The summed E-state index contributed by atoms with van der Waals surface area (Å²) in [6, 6.07) is 0. The van der Waals surface area contributed by atoms with Crippen molar-refractivity contribution in [2.24, 2.45) is 17.6 Å². The van der Waals surface area contributed by atoms with Crippen molar-refractivity contribution in [1.82, 2.24) is 14.3 Å². The van der Waals surface area contributed by atoms with Crippen LogP contribution in [0.15, 0.2) is 17.8 Å². The maximum Gasteiger partial charge on any atom is 0.193 e. The third kappa shape index (κ3) is 2.30. The van der Waals surface area contributed by atoms with Crippen LogP contribution in [0.2, 0.25) is 0 Å². The molecule has 2 N–H and O–H groups in total. The van der Waals surface area contributed by atoms with Crippen LogP contribution in [0, 0.1) is 11.8 Å². The van der Waals surface area contributed by atoms with E-state index in [-0.39, 0.29) is 0 Å². The van der Waals surface area contributed by atoms with Crippen LogP contribution in [0.25, 0.3) is 4.96 Å². The monoisotopic (exact) mass is 264 g/mol. The van der Waals surface area contributed by atoms with Crippen molar-refractivity contribution >= 4 is 16.3 Å². The van der Waals surface area contributed by atoms with Crippen LogP contribution in [0.3, 0.4) is 0 Å². The first-order valence-electron chi connectivity index (χ1n) is 6.59. The predicted octanol–water partition coefficient (Wildman–Crippen LogP) is 1.81. The summed E-state index contributed by atoms with van der Waals surface area (Å²) < 4.78 is 2.10. The molecule has 4 nitrogen and oxygen atoms in total. The van der Waals surface area contributed by atoms with Crippen LogP contribution in [0.4, 0.5) is 0 Å². The summed E-state index contributed by atoms with van der Waals surface area (Å²) in [5.41, 5.74) is 7.02. The summed E-state index contributed by atoms with van der Waals surface area (Å²) in [7, 11) is 0. The average Bonchev–Trinajstić information content (AvgIpc) is 2.92. The topological polar surface area (TPSA) is 46.6 Å². The summed E-state index contributed by atoms with van der Waals surface area (Å²) in [6.07, 6.45) is 5.46. The average molecular weight is 264 g/mol. The lowest BCUT2D eigenvalue weighted by Crippen LogP contribution is -2.42. The highest BCUT2D eigenvalue weighted by atomic mass is 32.1. The van der Waals surface area contributed by atoms with Crippen molar-refractivity contribution in [1.29, 1.82) is 0 Å². The largest absolute Gasteiger partial charge is 0.330 e. The molecule has 5 heteroatoms. The zero-order chi connectivity index (χ0) is 12.5. The van der Waals surface area contributed by atoms with Crippen molar-refractivity contribution in [3.63, 3.8) is 0 Å². The van der Waals surface area contributed by atoms with Crippen molar-refractivity contribution in [3.05, 3.63) is 23.5 Å². The molecule has 2 aromatic heterocycles. The van der Waals surface area contributed by atoms with E-state index < -0.39 is 0 Å². The highest BCUT2D eigenvalue weighted by Gasteiger charge is 2.25. The Balaban J connectivity index is 1.67. The molecule has 2 aromatic rings. The lowest BCUT2D eigenvalue weighted by molar-refractivity contribution is 0.125. The molecule has 0 spiro atoms. The van der Waals surface area contributed by atoms with Crippen LogP contribution in [0.1, 0.15) is 19.0 Å². The van der Waals surface area contributed by atoms with Gasteiger partial charge in [-0.15, -0.1) is 11.3 Å². The first kappa shape index (κ1) is 12.1. The summed E-state index contributed by atoms with van der Waals surface area (Å²) in [6.45, 7) is 6.36. The van der Waals surface area contributed by atoms with Gasteiger partial charge in [-0.05, 0) is 31.3 Å². The predicted molar refractivity (Wildman–Crippen MR) is 74.7 cm³/mol. The summed E-state index contributed by atoms with van der Waals surface area (Å²) >= 11 is 1.69. The summed E-state index contributed by atoms with van der Waals surface area (Å²) in [5.74, 6) is 1.40. The van der Waals surface area contributed by atoms with Gasteiger partial charge in [0.15, 0.2) is 4.96 Å². The molecule has 0 bridgehead atoms. The van der Waals surface area contributed by atoms with E-state index in [9.17, 15) is 0 Å². The number of nitrogens with two attached hydrogens (primary N) is 1. The fourth-order valence-electron chi connectivity index (χ4n) is 2.76. The molecule has 3 heterocycles. The Morgan fingerprint density at radius 3 is 3.22 bits per heavy atom. The molecule has 2 unspecified atom stereocenters. The van der Waals surface area contributed by atoms with Gasteiger partial charge in [0.25, 0.3) is 0 Å². The number of rotatable bonds is 3. The van der Waals surface area contributed by atoms with Crippen LogP contribution >= 0.6 is 11.3 Å². The van der Waals surface area contributed by atoms with Crippen LogP contribution in [-0.4, -0.2) is 33.9 Å². The molecule has 0 radical (unpaired) electrons. The molecule has 0 aliphatic carbocycles. The standard InChI is InChI=1S/C13H20N4S/c1-10-2-3-16(7-11(10)6-14)8-12-9-17-4-5-18-13(17)15-12/h4-5,9-11H,2-3,6-8,14H2,1H3. The Kier molecular flexibility index (Phi) is 3.37. The van der Waals surface area contributed by atoms with Gasteiger partial charge in [-0.2, -0.15) is 0 Å². The van der Waals surface area contributed by atoms with Crippen molar-refractivity contribution in [2.75, 3.05) is 19.6 Å². The second-order valence-corrected chi connectivity index (χ2v) is 6.19. The van der Waals surface area contributed by atoms with Crippen molar-refractivity contribution in [3.8, 4) is 0 Å². The number of aromatic nitrogens is 2. The normalized spacial score (nSPS) is 25.9. The minimum Gasteiger partial charge on any atom is -0.330 e. The molecule has 1 saturated heterocycles. The van der Waals surface area contributed by atoms with Gasteiger partial charge in [0.05, 0.1) is 5.69 Å². The molecule has 98 valence electrons. The second kappa shape index (κ2) is 4.99. The zero-order valence-corrected chi connectivity index (χ0v) is 11.6. The Hall–Kier alpha value is -0.910. The third-order valence-corrected chi connectivity index (χ3v) is 4.80. The number of nitrogens with zero attached hydrogens (tertiary/aromatic N) is 3. The maximum absolute atomic E-state index is 5.85. The lowest BCUT2D eigenvalue weighted by Gasteiger charge is -2.36. The summed E-state index contributed by atoms with van der Waals surface area (Å²) in [4.78, 5) is 8.22. The zero-order valence-electron chi connectivity index (χ0n) is 10.7. The molecule has 3 rings (SSSR count). The molecule has 1 aliphatic rings. The van der Waals surface area contributed by atoms with E-state index in [1.165, 1.54) is 18.7 Å². The highest BCUT2D eigenvalue weighted by Crippen LogP contribution is 2.23. The smallest absolute Gasteiger partial charge is 0.193 e. The van der Waals surface area contributed by atoms with Gasteiger partial charge in [-0.25, -0.2) is 4.98 Å². The van der Waals surface area contributed by atoms with Gasteiger partial charge in [0, 0.05) is 30.9 Å². The van der Waals surface area contributed by atoms with Gasteiger partial charge in [-0.3, -0.25) is 9.30 Å². The number of piperidine rings is 1. The first-order chi connectivity index (χ1) is 8.76. The van der Waals surface area contributed by atoms with E-state index in [1.807, 2.05) is 0 Å². The molecule has 1 fully saturated rings. The van der Waals surface area contributed by atoms with E-state index in [0.29, 0.717) is 5.92 Å². The van der Waals surface area contributed by atoms with Crippen molar-refractivity contribution < 1.29 is 0 Å². The summed E-state index contributed by atoms with van der Waals surface area (Å²) in [5, 5.41) is 2.07. The number of hydrogen-bond acceptors (Lipinski definition) is 4. The molecule has 2 atom stereocenters. The molecule has 1 aliphatic heterocycles. The first-order valence-corrected chi connectivity index (χ1v) is 7.47. The van der Waals surface area contributed by atoms with E-state index >= 15 is 0 Å². The quantitative estimate of drug-likeness (QED) is 0.919. The Bertz CT molecular complexity index is 489. The SMILES string of the molecule is CC1CCN(Cc2cn3ccsc3n2)CC1CN.